The van der Waals surface area contributed by atoms with Crippen LogP contribution in [0.5, 0.6) is 0 Å². The zero-order chi connectivity index (χ0) is 4.00. The predicted molar refractivity (Wildman–Crippen MR) is 35.5 cm³/mol. The summed E-state index contributed by atoms with van der Waals surface area (Å²) in [5, 5.41) is 0. The number of hydrogen-bond acceptors (Lipinski definition) is 0. The zero-order valence-corrected chi connectivity index (χ0v) is 41.0. The average Bonchev–Trinajstić information content (AvgIpc) is 1.50. The van der Waals surface area contributed by atoms with Gasteiger partial charge in [0.1, 0.15) is 0 Å². The first-order chi connectivity index (χ1) is 2.00. The van der Waals surface area contributed by atoms with Gasteiger partial charge in [0.15, 0.2) is 0 Å². The minimum absolute atomic E-state index is 0. The Hall–Kier alpha value is 12.1. The van der Waals surface area contributed by atoms with E-state index >= 15 is 0 Å². The van der Waals surface area contributed by atoms with Crippen molar-refractivity contribution in [2.45, 2.75) is 28.7 Å². The number of hydrogen-bond donors (Lipinski definition) is 0. The van der Waals surface area contributed by atoms with E-state index in [0.29, 0.717) is 0 Å². The maximum absolute atomic E-state index is 3.25. The smallest absolute Gasteiger partial charge is 0 e. The normalized spacial score (nSPS) is 0.706. The van der Waals surface area contributed by atoms with Crippen molar-refractivity contribution in [2.75, 3.05) is 0 Å². The largest absolute Gasteiger partial charge is 0.346 e. The van der Waals surface area contributed by atoms with Crippen molar-refractivity contribution < 1.29 is 360 Å². The van der Waals surface area contributed by atoms with Crippen LogP contribution in [0, 0.1) is 13.8 Å². The molecule has 0 amide bonds. The molecule has 77 valence electrons. The Morgan fingerprint density at radius 1 is 0.294 bits per heavy atom. The van der Waals surface area contributed by atoms with Crippen LogP contribution in [0.1, 0.15) is 28.7 Å². The van der Waals surface area contributed by atoms with E-state index in [1.807, 2.05) is 0 Å². The maximum Gasteiger partial charge on any atom is 0 e. The van der Waals surface area contributed by atoms with Crippen molar-refractivity contribution in [1.29, 1.82) is 0 Å². The Morgan fingerprint density at radius 2 is 0.294 bits per heavy atom. The topological polar surface area (TPSA) is 0 Å². The summed E-state index contributed by atoms with van der Waals surface area (Å²) in [5.74, 6) is 0. The fourth-order valence-electron chi connectivity index (χ4n) is 0. The van der Waals surface area contributed by atoms with Crippen LogP contribution in [0.4, 0.5) is 0 Å². The molecule has 0 fully saturated rings. The molecule has 0 atom stereocenters. The van der Waals surface area contributed by atoms with Gasteiger partial charge in [-0.15, -0.1) is 0 Å². The molecule has 11 heteroatoms. The Bertz CT molecular complexity index is 15.9. The van der Waals surface area contributed by atoms with Gasteiger partial charge < -0.3 is 13.8 Å². The fourth-order valence-corrected chi connectivity index (χ4v) is 0. The van der Waals surface area contributed by atoms with Crippen molar-refractivity contribution in [1.82, 2.24) is 0 Å². The van der Waals surface area contributed by atoms with E-state index in [4.69, 9.17) is 0 Å². The first kappa shape index (κ1) is 115. The van der Waals surface area contributed by atoms with Gasteiger partial charge in [-0.2, -0.15) is 13.8 Å². The molecule has 0 saturated heterocycles. The minimum Gasteiger partial charge on any atom is -0.346 e. The molecule has 11 radical (unpaired) electrons. The standard InChI is InChI=1S/2C2H5.2CH4.11Y/c2*1-2;;;;;;;;;;;;;/h2*1H2,2H3;2*1H4;;;;;;;;;;;/q2*-1;;;;;;;;;;;;;. The summed E-state index contributed by atoms with van der Waals surface area (Å²) in [6.45, 7) is 10.0. The van der Waals surface area contributed by atoms with E-state index < -0.39 is 0 Å². The van der Waals surface area contributed by atoms with E-state index in [0.717, 1.165) is 0 Å². The first-order valence-corrected chi connectivity index (χ1v) is 1.41. The van der Waals surface area contributed by atoms with E-state index in [1.54, 1.807) is 13.8 Å². The van der Waals surface area contributed by atoms with E-state index in [-0.39, 0.29) is 375 Å². The summed E-state index contributed by atoms with van der Waals surface area (Å²) in [4.78, 5) is 0. The summed E-state index contributed by atoms with van der Waals surface area (Å²) in [5.41, 5.74) is 0. The monoisotopic (exact) mass is 1070 g/mol. The van der Waals surface area contributed by atoms with Crippen LogP contribution >= 0.6 is 0 Å². The van der Waals surface area contributed by atoms with Crippen LogP contribution in [0.25, 0.3) is 0 Å². The van der Waals surface area contributed by atoms with Crippen molar-refractivity contribution in [3.8, 4) is 0 Å². The van der Waals surface area contributed by atoms with Crippen LogP contribution in [0.2, 0.25) is 0 Å². The van der Waals surface area contributed by atoms with Crippen molar-refractivity contribution in [2.24, 2.45) is 0 Å². The molecule has 17 heavy (non-hydrogen) atoms. The van der Waals surface area contributed by atoms with Gasteiger partial charge in [0.05, 0.1) is 0 Å². The third-order valence-corrected chi connectivity index (χ3v) is 0. The Kier molecular flexibility index (Phi) is 955. The molecule has 0 heterocycles. The molecule has 0 aliphatic heterocycles. The quantitative estimate of drug-likeness (QED) is 0.328. The van der Waals surface area contributed by atoms with Crippen LogP contribution in [-0.4, -0.2) is 0 Å². The van der Waals surface area contributed by atoms with Gasteiger partial charge in [-0.25, -0.2) is 0 Å². The molecule has 0 N–H and O–H groups in total. The van der Waals surface area contributed by atoms with Gasteiger partial charge in [-0.05, 0) is 0 Å². The molecule has 0 spiro atoms. The van der Waals surface area contributed by atoms with Gasteiger partial charge in [0.2, 0.25) is 0 Å². The van der Waals surface area contributed by atoms with Gasteiger partial charge >= 0.3 is 0 Å². The molecular weight excluding hydrogens is 1050 g/mol. The molecule has 0 aliphatic rings. The molecule has 0 aromatic rings. The first-order valence-electron chi connectivity index (χ1n) is 1.41. The Labute approximate surface area is 389 Å². The number of rotatable bonds is 0. The second-order valence-corrected chi connectivity index (χ2v) is 0. The van der Waals surface area contributed by atoms with Crippen molar-refractivity contribution >= 4 is 0 Å². The van der Waals surface area contributed by atoms with Crippen LogP contribution < -0.4 is 0 Å². The second-order valence-electron chi connectivity index (χ2n) is 0. The molecule has 0 nitrogen and oxygen atoms in total. The van der Waals surface area contributed by atoms with Gasteiger partial charge in [-0.3, -0.25) is 0 Å². The summed E-state index contributed by atoms with van der Waals surface area (Å²) in [7, 11) is 0. The van der Waals surface area contributed by atoms with Crippen LogP contribution in [0.15, 0.2) is 0 Å². The summed E-state index contributed by atoms with van der Waals surface area (Å²) in [6.07, 6.45) is 0. The molecule has 0 aromatic carbocycles. The second kappa shape index (κ2) is 141. The van der Waals surface area contributed by atoms with Crippen molar-refractivity contribution in [3.63, 3.8) is 0 Å². The minimum atomic E-state index is 0. The zero-order valence-electron chi connectivity index (χ0n) is 9.77. The molecule has 0 unspecified atom stereocenters. The maximum atomic E-state index is 3.25. The third kappa shape index (κ3) is 130. The molecular formula is C6H18Y11-2. The summed E-state index contributed by atoms with van der Waals surface area (Å²) in [6, 6.07) is 0. The molecule has 0 bridgehead atoms. The van der Waals surface area contributed by atoms with Crippen molar-refractivity contribution in [3.05, 3.63) is 13.8 Å². The summed E-state index contributed by atoms with van der Waals surface area (Å²) >= 11 is 0. The van der Waals surface area contributed by atoms with E-state index in [9.17, 15) is 0 Å². The van der Waals surface area contributed by atoms with E-state index in [2.05, 4.69) is 13.8 Å². The van der Waals surface area contributed by atoms with E-state index in [1.165, 1.54) is 0 Å². The molecule has 0 aromatic heterocycles. The average molecular weight is 1070 g/mol. The van der Waals surface area contributed by atoms with Gasteiger partial charge in [-0.1, -0.05) is 14.9 Å². The van der Waals surface area contributed by atoms with Crippen LogP contribution in [-0.2, 0) is 360 Å². The Balaban J connectivity index is -0.000000000205. The van der Waals surface area contributed by atoms with Gasteiger partial charge in [0, 0.05) is 360 Å². The summed E-state index contributed by atoms with van der Waals surface area (Å²) < 4.78 is 0. The molecule has 0 aliphatic carbocycles. The van der Waals surface area contributed by atoms with Gasteiger partial charge in [0.25, 0.3) is 0 Å². The predicted octanol–water partition coefficient (Wildman–Crippen LogP) is 2.93. The Morgan fingerprint density at radius 3 is 0.294 bits per heavy atom. The third-order valence-electron chi connectivity index (χ3n) is 0. The molecule has 0 saturated carbocycles. The molecule has 0 rings (SSSR count). The van der Waals surface area contributed by atoms with Crippen LogP contribution in [0.3, 0.4) is 0 Å². The fraction of sp³-hybridized carbons (Fsp3) is 0.667. The SMILES string of the molecule is C.C.[CH2-]C.[CH2-]C.[Y].[Y].[Y].[Y].[Y].[Y].[Y].[Y].[Y].[Y].[Y].